The van der Waals surface area contributed by atoms with Gasteiger partial charge in [0.15, 0.2) is 6.04 Å². The van der Waals surface area contributed by atoms with Crippen LogP contribution in [0, 0.1) is 0 Å². The second kappa shape index (κ2) is 6.39. The van der Waals surface area contributed by atoms with Gasteiger partial charge in [-0.25, -0.2) is 0 Å². The van der Waals surface area contributed by atoms with E-state index in [1.807, 2.05) is 11.3 Å². The normalized spacial score (nSPS) is 18.1. The lowest BCUT2D eigenvalue weighted by molar-refractivity contribution is -0.937. The molecular formula is C16H23N3S+2. The van der Waals surface area contributed by atoms with Crippen molar-refractivity contribution in [2.75, 3.05) is 37.6 Å². The van der Waals surface area contributed by atoms with Gasteiger partial charge in [-0.3, -0.25) is 0 Å². The van der Waals surface area contributed by atoms with Crippen LogP contribution < -0.4 is 15.5 Å². The van der Waals surface area contributed by atoms with Crippen molar-refractivity contribution in [2.24, 2.45) is 0 Å². The van der Waals surface area contributed by atoms with Crippen LogP contribution in [-0.4, -0.2) is 32.7 Å². The largest absolute Gasteiger partial charge is 0.360 e. The molecule has 0 aliphatic carbocycles. The van der Waals surface area contributed by atoms with E-state index in [1.54, 1.807) is 4.90 Å². The molecule has 3 rings (SSSR count). The van der Waals surface area contributed by atoms with Gasteiger partial charge >= 0.3 is 0 Å². The van der Waals surface area contributed by atoms with Crippen LogP contribution in [0.3, 0.4) is 0 Å². The number of para-hydroxylation sites is 1. The van der Waals surface area contributed by atoms with E-state index < -0.39 is 0 Å². The lowest BCUT2D eigenvalue weighted by Crippen LogP contribution is -3.16. The predicted molar refractivity (Wildman–Crippen MR) is 84.2 cm³/mol. The molecule has 1 aromatic heterocycles. The minimum atomic E-state index is 0.577. The Morgan fingerprint density at radius 3 is 2.45 bits per heavy atom. The quantitative estimate of drug-likeness (QED) is 0.841. The summed E-state index contributed by atoms with van der Waals surface area (Å²) in [7, 11) is 0. The minimum absolute atomic E-state index is 0.577. The summed E-state index contributed by atoms with van der Waals surface area (Å²) >= 11 is 1.87. The standard InChI is InChI=1S/C16H21N3S/c17-13-15(16-7-4-12-20-16)19-10-8-18(9-11-19)14-5-2-1-3-6-14/h1-7,12,15H,8-11,13,17H2/p+2/t15-/m0/s1. The highest BCUT2D eigenvalue weighted by Crippen LogP contribution is 2.17. The molecule has 1 atom stereocenters. The molecule has 1 saturated heterocycles. The van der Waals surface area contributed by atoms with Crippen molar-refractivity contribution in [3.8, 4) is 0 Å². The zero-order valence-electron chi connectivity index (χ0n) is 11.8. The summed E-state index contributed by atoms with van der Waals surface area (Å²) in [6, 6.07) is 15.7. The highest BCUT2D eigenvalue weighted by molar-refractivity contribution is 7.10. The Morgan fingerprint density at radius 1 is 1.10 bits per heavy atom. The summed E-state index contributed by atoms with van der Waals surface area (Å²) in [5, 5.41) is 2.18. The molecule has 4 heteroatoms. The molecule has 0 radical (unpaired) electrons. The first kappa shape index (κ1) is 13.6. The van der Waals surface area contributed by atoms with Crippen LogP contribution in [0.1, 0.15) is 10.9 Å². The fourth-order valence-electron chi connectivity index (χ4n) is 3.08. The molecule has 0 amide bonds. The number of anilines is 1. The van der Waals surface area contributed by atoms with E-state index in [1.165, 1.54) is 23.7 Å². The summed E-state index contributed by atoms with van der Waals surface area (Å²) < 4.78 is 0. The van der Waals surface area contributed by atoms with Gasteiger partial charge in [0.1, 0.15) is 6.54 Å². The van der Waals surface area contributed by atoms with Crippen LogP contribution in [0.5, 0.6) is 0 Å². The monoisotopic (exact) mass is 289 g/mol. The van der Waals surface area contributed by atoms with Crippen molar-refractivity contribution in [3.05, 3.63) is 52.7 Å². The third-order valence-electron chi connectivity index (χ3n) is 4.20. The molecule has 1 fully saturated rings. The lowest BCUT2D eigenvalue weighted by atomic mass is 10.1. The van der Waals surface area contributed by atoms with Crippen molar-refractivity contribution in [2.45, 2.75) is 6.04 Å². The van der Waals surface area contributed by atoms with E-state index in [0.29, 0.717) is 6.04 Å². The van der Waals surface area contributed by atoms with Crippen LogP contribution >= 0.6 is 11.3 Å². The molecule has 1 aromatic carbocycles. The maximum absolute atomic E-state index is 4.17. The first-order chi connectivity index (χ1) is 9.88. The second-order valence-electron chi connectivity index (χ2n) is 5.34. The van der Waals surface area contributed by atoms with Gasteiger partial charge in [0, 0.05) is 5.69 Å². The third-order valence-corrected chi connectivity index (χ3v) is 5.18. The predicted octanol–water partition coefficient (Wildman–Crippen LogP) is 0.436. The van der Waals surface area contributed by atoms with Gasteiger partial charge in [-0.15, -0.1) is 11.3 Å². The average molecular weight is 289 g/mol. The molecule has 0 bridgehead atoms. The molecule has 1 aliphatic rings. The number of nitrogens with one attached hydrogen (secondary N) is 1. The van der Waals surface area contributed by atoms with Gasteiger partial charge in [-0.2, -0.15) is 0 Å². The topological polar surface area (TPSA) is 35.3 Å². The summed E-state index contributed by atoms with van der Waals surface area (Å²) in [6.07, 6.45) is 0. The van der Waals surface area contributed by atoms with E-state index >= 15 is 0 Å². The SMILES string of the molecule is [NH3+]C[C@@H](c1cccs1)[NH+]1CCN(c2ccccc2)CC1. The Labute approximate surface area is 124 Å². The number of piperazine rings is 1. The highest BCUT2D eigenvalue weighted by atomic mass is 32.1. The highest BCUT2D eigenvalue weighted by Gasteiger charge is 2.29. The average Bonchev–Trinajstić information content (AvgIpc) is 3.04. The minimum Gasteiger partial charge on any atom is -0.360 e. The van der Waals surface area contributed by atoms with Gasteiger partial charge in [-0.1, -0.05) is 24.3 Å². The summed E-state index contributed by atoms with van der Waals surface area (Å²) in [5.41, 5.74) is 5.52. The zero-order chi connectivity index (χ0) is 13.8. The first-order valence-electron chi connectivity index (χ1n) is 7.35. The second-order valence-corrected chi connectivity index (χ2v) is 6.32. The molecule has 0 saturated carbocycles. The van der Waals surface area contributed by atoms with Crippen LogP contribution in [0.15, 0.2) is 47.8 Å². The maximum atomic E-state index is 4.17. The van der Waals surface area contributed by atoms with E-state index in [2.05, 4.69) is 58.5 Å². The number of rotatable bonds is 4. The Bertz CT molecular complexity index is 504. The molecular weight excluding hydrogens is 266 g/mol. The molecule has 2 heterocycles. The Hall–Kier alpha value is -1.36. The van der Waals surface area contributed by atoms with Gasteiger partial charge in [-0.05, 0) is 23.6 Å². The van der Waals surface area contributed by atoms with Crippen molar-refractivity contribution in [3.63, 3.8) is 0 Å². The number of hydrogen-bond acceptors (Lipinski definition) is 2. The van der Waals surface area contributed by atoms with Crippen LogP contribution in [-0.2, 0) is 0 Å². The summed E-state index contributed by atoms with van der Waals surface area (Å²) in [6.45, 7) is 5.67. The number of thiophene rings is 1. The zero-order valence-corrected chi connectivity index (χ0v) is 12.6. The molecule has 20 heavy (non-hydrogen) atoms. The van der Waals surface area contributed by atoms with E-state index in [-0.39, 0.29) is 0 Å². The van der Waals surface area contributed by atoms with E-state index in [0.717, 1.165) is 19.6 Å². The molecule has 1 aliphatic heterocycles. The summed E-state index contributed by atoms with van der Waals surface area (Å²) in [4.78, 5) is 5.68. The smallest absolute Gasteiger partial charge is 0.172 e. The maximum Gasteiger partial charge on any atom is 0.172 e. The van der Waals surface area contributed by atoms with E-state index in [9.17, 15) is 0 Å². The van der Waals surface area contributed by atoms with Crippen molar-refractivity contribution < 1.29 is 10.6 Å². The van der Waals surface area contributed by atoms with Crippen LogP contribution in [0.4, 0.5) is 5.69 Å². The lowest BCUT2D eigenvalue weighted by Gasteiger charge is -2.36. The fourth-order valence-corrected chi connectivity index (χ4v) is 4.00. The number of nitrogens with zero attached hydrogens (tertiary/aromatic N) is 1. The third kappa shape index (κ3) is 2.87. The molecule has 3 nitrogen and oxygen atoms in total. The van der Waals surface area contributed by atoms with Crippen LogP contribution in [0.25, 0.3) is 0 Å². The Kier molecular flexibility index (Phi) is 4.35. The Balaban J connectivity index is 1.63. The Morgan fingerprint density at radius 2 is 1.85 bits per heavy atom. The number of benzene rings is 1. The molecule has 0 unspecified atom stereocenters. The molecule has 4 N–H and O–H groups in total. The van der Waals surface area contributed by atoms with Gasteiger partial charge in [0.05, 0.1) is 31.1 Å². The molecule has 106 valence electrons. The number of quaternary nitrogens is 2. The fraction of sp³-hybridized carbons (Fsp3) is 0.375. The molecule has 2 aromatic rings. The van der Waals surface area contributed by atoms with Crippen molar-refractivity contribution in [1.82, 2.24) is 0 Å². The van der Waals surface area contributed by atoms with Crippen molar-refractivity contribution in [1.29, 1.82) is 0 Å². The van der Waals surface area contributed by atoms with Gasteiger partial charge in [0.2, 0.25) is 0 Å². The van der Waals surface area contributed by atoms with Crippen molar-refractivity contribution >= 4 is 17.0 Å². The van der Waals surface area contributed by atoms with Gasteiger partial charge < -0.3 is 15.5 Å². The van der Waals surface area contributed by atoms with E-state index in [4.69, 9.17) is 0 Å². The van der Waals surface area contributed by atoms with Crippen LogP contribution in [0.2, 0.25) is 0 Å². The number of hydrogen-bond donors (Lipinski definition) is 2. The molecule has 0 spiro atoms. The summed E-state index contributed by atoms with van der Waals surface area (Å²) in [5.74, 6) is 0. The first-order valence-corrected chi connectivity index (χ1v) is 8.23. The van der Waals surface area contributed by atoms with Gasteiger partial charge in [0.25, 0.3) is 0 Å².